The molecule has 37 heavy (non-hydrogen) atoms. The quantitative estimate of drug-likeness (QED) is 0.310. The number of benzene rings is 1. The van der Waals surface area contributed by atoms with Gasteiger partial charge in [0, 0.05) is 49.0 Å². The van der Waals surface area contributed by atoms with Crippen LogP contribution in [-0.2, 0) is 4.79 Å². The minimum absolute atomic E-state index is 0.0923. The van der Waals surface area contributed by atoms with E-state index >= 15 is 0 Å². The lowest BCUT2D eigenvalue weighted by molar-refractivity contribution is -0.130. The van der Waals surface area contributed by atoms with Crippen LogP contribution in [0.2, 0.25) is 0 Å². The number of fused-ring (bicyclic) bond motifs is 1. The van der Waals surface area contributed by atoms with Gasteiger partial charge in [-0.25, -0.2) is 4.98 Å². The summed E-state index contributed by atoms with van der Waals surface area (Å²) in [4.78, 5) is 66.7. The van der Waals surface area contributed by atoms with Crippen molar-refractivity contribution in [2.75, 3.05) is 25.0 Å². The van der Waals surface area contributed by atoms with E-state index in [0.29, 0.717) is 29.3 Å². The minimum Gasteiger partial charge on any atom is -0.358 e. The summed E-state index contributed by atoms with van der Waals surface area (Å²) in [5, 5.41) is 5.03. The second-order valence-electron chi connectivity index (χ2n) is 8.83. The molecule has 0 bridgehead atoms. The Hall–Kier alpha value is -4.38. The first-order valence-corrected chi connectivity index (χ1v) is 12.6. The molecule has 3 amide bonds. The normalized spacial score (nSPS) is 15.6. The summed E-state index contributed by atoms with van der Waals surface area (Å²) in [6.07, 6.45) is 2.83. The molecular weight excluding hydrogens is 492 g/mol. The lowest BCUT2D eigenvalue weighted by atomic mass is 10.1. The summed E-state index contributed by atoms with van der Waals surface area (Å²) in [6.45, 7) is 4.52. The van der Waals surface area contributed by atoms with Crippen LogP contribution in [0.25, 0.3) is 11.0 Å². The maximum absolute atomic E-state index is 13.2. The van der Waals surface area contributed by atoms with Gasteiger partial charge in [0.25, 0.3) is 23.5 Å². The molecule has 2 N–H and O–H groups in total. The molecule has 11 heteroatoms. The number of aromatic amines is 1. The second-order valence-corrected chi connectivity index (χ2v) is 9.68. The van der Waals surface area contributed by atoms with E-state index in [9.17, 15) is 19.2 Å². The lowest BCUT2D eigenvalue weighted by Gasteiger charge is -2.39. The Morgan fingerprint density at radius 2 is 1.86 bits per heavy atom. The number of anilines is 1. The third-order valence-corrected chi connectivity index (χ3v) is 7.16. The fourth-order valence-electron chi connectivity index (χ4n) is 4.42. The number of carbonyl (C=O) groups is 4. The van der Waals surface area contributed by atoms with Gasteiger partial charge in [0.1, 0.15) is 5.52 Å². The summed E-state index contributed by atoms with van der Waals surface area (Å²) in [5.41, 5.74) is 2.36. The zero-order valence-electron chi connectivity index (χ0n) is 20.2. The summed E-state index contributed by atoms with van der Waals surface area (Å²) in [6, 6.07) is 10.2. The third-order valence-electron chi connectivity index (χ3n) is 6.29. The molecule has 1 aliphatic rings. The maximum Gasteiger partial charge on any atom is 0.295 e. The number of Topliss-reactive ketones (excluding diaryl/α,β-unsaturated/α-hetero) is 1. The van der Waals surface area contributed by atoms with Crippen LogP contribution in [0.15, 0.2) is 54.2 Å². The minimum atomic E-state index is -0.721. The van der Waals surface area contributed by atoms with Gasteiger partial charge in [-0.3, -0.25) is 29.5 Å². The molecule has 0 spiro atoms. The highest BCUT2D eigenvalue weighted by atomic mass is 32.1. The zero-order chi connectivity index (χ0) is 26.1. The number of H-pyrrole nitrogens is 1. The molecular formula is C26H24N6O4S. The van der Waals surface area contributed by atoms with Crippen LogP contribution in [0.1, 0.15) is 43.7 Å². The summed E-state index contributed by atoms with van der Waals surface area (Å²) in [7, 11) is 0. The highest BCUT2D eigenvalue weighted by molar-refractivity contribution is 7.14. The number of hydrogen-bond donors (Lipinski definition) is 2. The van der Waals surface area contributed by atoms with Gasteiger partial charge in [0.15, 0.2) is 5.13 Å². The Morgan fingerprint density at radius 3 is 2.57 bits per heavy atom. The van der Waals surface area contributed by atoms with Crippen molar-refractivity contribution in [1.29, 1.82) is 0 Å². The Labute approximate surface area is 216 Å². The number of nitrogens with one attached hydrogen (secondary N) is 2. The van der Waals surface area contributed by atoms with Crippen molar-refractivity contribution in [3.63, 3.8) is 0 Å². The van der Waals surface area contributed by atoms with Crippen molar-refractivity contribution in [1.82, 2.24) is 24.8 Å². The number of pyridine rings is 1. The van der Waals surface area contributed by atoms with E-state index in [1.165, 1.54) is 34.7 Å². The van der Waals surface area contributed by atoms with Gasteiger partial charge in [-0.1, -0.05) is 18.2 Å². The van der Waals surface area contributed by atoms with Crippen molar-refractivity contribution in [2.24, 2.45) is 0 Å². The number of amides is 3. The van der Waals surface area contributed by atoms with Gasteiger partial charge in [-0.15, -0.1) is 11.3 Å². The number of piperazine rings is 1. The van der Waals surface area contributed by atoms with Gasteiger partial charge in [0.2, 0.25) is 0 Å². The average Bonchev–Trinajstić information content (AvgIpc) is 3.53. The molecule has 1 aromatic carbocycles. The van der Waals surface area contributed by atoms with E-state index in [1.807, 2.05) is 25.3 Å². The van der Waals surface area contributed by atoms with Crippen molar-refractivity contribution >= 4 is 51.0 Å². The number of ketones is 1. The van der Waals surface area contributed by atoms with Crippen LogP contribution in [0.3, 0.4) is 0 Å². The van der Waals surface area contributed by atoms with Gasteiger partial charge in [-0.05, 0) is 32.0 Å². The molecule has 1 saturated heterocycles. The molecule has 1 aliphatic heterocycles. The lowest BCUT2D eigenvalue weighted by Crippen LogP contribution is -2.56. The fraction of sp³-hybridized carbons (Fsp3) is 0.231. The molecule has 188 valence electrons. The molecule has 4 aromatic rings. The van der Waals surface area contributed by atoms with Crippen LogP contribution in [0.5, 0.6) is 0 Å². The van der Waals surface area contributed by atoms with E-state index in [1.54, 1.807) is 29.2 Å². The Morgan fingerprint density at radius 1 is 1.08 bits per heavy atom. The third kappa shape index (κ3) is 4.73. The van der Waals surface area contributed by atoms with E-state index in [4.69, 9.17) is 0 Å². The predicted molar refractivity (Wildman–Crippen MR) is 139 cm³/mol. The first kappa shape index (κ1) is 24.3. The van der Waals surface area contributed by atoms with E-state index in [0.717, 1.165) is 5.69 Å². The molecule has 0 unspecified atom stereocenters. The van der Waals surface area contributed by atoms with Crippen LogP contribution < -0.4 is 5.32 Å². The van der Waals surface area contributed by atoms with Crippen LogP contribution >= 0.6 is 11.3 Å². The molecule has 1 fully saturated rings. The Kier molecular flexibility index (Phi) is 6.53. The number of hydrogen-bond acceptors (Lipinski definition) is 7. The molecule has 1 atom stereocenters. The Balaban J connectivity index is 1.31. The number of nitrogens with zero attached hydrogens (tertiary/aromatic N) is 4. The molecule has 0 radical (unpaired) electrons. The van der Waals surface area contributed by atoms with Gasteiger partial charge < -0.3 is 14.8 Å². The topological polar surface area (TPSA) is 128 Å². The van der Waals surface area contributed by atoms with E-state index in [-0.39, 0.29) is 35.1 Å². The van der Waals surface area contributed by atoms with Crippen molar-refractivity contribution in [3.8, 4) is 0 Å². The van der Waals surface area contributed by atoms with Crippen LogP contribution in [0, 0.1) is 6.92 Å². The molecule has 3 aromatic heterocycles. The number of thiazole rings is 1. The molecule has 4 heterocycles. The van der Waals surface area contributed by atoms with Crippen molar-refractivity contribution < 1.29 is 19.2 Å². The summed E-state index contributed by atoms with van der Waals surface area (Å²) >= 11 is 1.31. The maximum atomic E-state index is 13.2. The van der Waals surface area contributed by atoms with Gasteiger partial charge in [0.05, 0.1) is 22.3 Å². The van der Waals surface area contributed by atoms with Crippen LogP contribution in [-0.4, -0.2) is 73.9 Å². The molecule has 5 rings (SSSR count). The predicted octanol–water partition coefficient (Wildman–Crippen LogP) is 3.14. The number of aryl methyl sites for hydroxylation is 1. The summed E-state index contributed by atoms with van der Waals surface area (Å²) < 4.78 is 0. The largest absolute Gasteiger partial charge is 0.358 e. The van der Waals surface area contributed by atoms with Crippen molar-refractivity contribution in [2.45, 2.75) is 19.9 Å². The number of aromatic nitrogens is 3. The number of carbonyl (C=O) groups excluding carboxylic acids is 4. The van der Waals surface area contributed by atoms with E-state index in [2.05, 4.69) is 20.3 Å². The highest BCUT2D eigenvalue weighted by Gasteiger charge is 2.34. The Bertz CT molecular complexity index is 1510. The zero-order valence-corrected chi connectivity index (χ0v) is 21.0. The van der Waals surface area contributed by atoms with Crippen molar-refractivity contribution in [3.05, 3.63) is 76.6 Å². The average molecular weight is 517 g/mol. The monoisotopic (exact) mass is 516 g/mol. The standard InChI is InChI=1S/C26H24N6O4S/c1-15-14-37-26(29-15)30-23(34)18-8-9-27-21-19(12-28-20(18)21)22(33)25(36)32-11-10-31(13-16(32)2)24(35)17-6-4-3-5-7-17/h3-9,12,14,16,28H,10-11,13H2,1-2H3,(H,29,30,34)/t16-/m1/s1. The van der Waals surface area contributed by atoms with E-state index < -0.39 is 17.6 Å². The second kappa shape index (κ2) is 9.94. The molecule has 0 saturated carbocycles. The fourth-order valence-corrected chi connectivity index (χ4v) is 5.10. The highest BCUT2D eigenvalue weighted by Crippen LogP contribution is 2.23. The van der Waals surface area contributed by atoms with Crippen LogP contribution in [0.4, 0.5) is 5.13 Å². The smallest absolute Gasteiger partial charge is 0.295 e. The number of rotatable bonds is 5. The van der Waals surface area contributed by atoms with Gasteiger partial charge >= 0.3 is 0 Å². The molecule has 10 nitrogen and oxygen atoms in total. The first-order chi connectivity index (χ1) is 17.8. The SMILES string of the molecule is Cc1csc(NC(=O)c2ccnc3c(C(=O)C(=O)N4CCN(C(=O)c5ccccc5)C[C@H]4C)c[nH]c23)n1. The molecule has 0 aliphatic carbocycles. The van der Waals surface area contributed by atoms with Gasteiger partial charge in [-0.2, -0.15) is 0 Å². The first-order valence-electron chi connectivity index (χ1n) is 11.7. The summed E-state index contributed by atoms with van der Waals surface area (Å²) in [5.74, 6) is -1.90.